The molecule has 0 amide bonds. The fraction of sp³-hybridized carbons (Fsp3) is 0.462. The molecule has 1 aromatic rings. The van der Waals surface area contributed by atoms with E-state index in [1.807, 2.05) is 22.6 Å². The van der Waals surface area contributed by atoms with Crippen molar-refractivity contribution in [1.29, 1.82) is 0 Å². The molecule has 0 radical (unpaired) electrons. The van der Waals surface area contributed by atoms with E-state index in [2.05, 4.69) is 0 Å². The molecule has 0 atom stereocenters. The maximum Gasteiger partial charge on any atom is 0.336 e. The summed E-state index contributed by atoms with van der Waals surface area (Å²) in [5.41, 5.74) is -0.0212. The van der Waals surface area contributed by atoms with E-state index in [9.17, 15) is 13.2 Å². The minimum Gasteiger partial charge on any atom is -0.478 e. The number of carboxylic acid groups (broad SMARTS) is 1. The van der Waals surface area contributed by atoms with Crippen LogP contribution in [0.2, 0.25) is 0 Å². The van der Waals surface area contributed by atoms with Crippen molar-refractivity contribution in [3.63, 3.8) is 0 Å². The van der Waals surface area contributed by atoms with E-state index in [1.54, 1.807) is 13.8 Å². The number of hydrogen-bond acceptors (Lipinski definition) is 4. The lowest BCUT2D eigenvalue weighted by Gasteiger charge is -2.25. The van der Waals surface area contributed by atoms with Crippen LogP contribution in [0.4, 0.5) is 0 Å². The summed E-state index contributed by atoms with van der Waals surface area (Å²) in [6.45, 7) is 4.01. The van der Waals surface area contributed by atoms with Crippen molar-refractivity contribution in [2.24, 2.45) is 0 Å². The van der Waals surface area contributed by atoms with E-state index in [0.29, 0.717) is 3.57 Å². The summed E-state index contributed by atoms with van der Waals surface area (Å²) in [5, 5.41) is 9.11. The van der Waals surface area contributed by atoms with E-state index >= 15 is 0 Å². The van der Waals surface area contributed by atoms with Crippen LogP contribution in [0.3, 0.4) is 0 Å². The van der Waals surface area contributed by atoms with Gasteiger partial charge in [-0.25, -0.2) is 13.2 Å². The van der Waals surface area contributed by atoms with E-state index in [-0.39, 0.29) is 29.7 Å². The fourth-order valence-electron chi connectivity index (χ4n) is 1.80. The Balaban J connectivity index is 3.28. The van der Waals surface area contributed by atoms with Crippen LogP contribution in [0.1, 0.15) is 24.2 Å². The fourth-order valence-corrected chi connectivity index (χ4v) is 4.02. The zero-order chi connectivity index (χ0) is 16.2. The molecule has 0 saturated heterocycles. The van der Waals surface area contributed by atoms with E-state index < -0.39 is 16.0 Å². The lowest BCUT2D eigenvalue weighted by molar-refractivity contribution is 0.0695. The molecule has 6 nitrogen and oxygen atoms in total. The van der Waals surface area contributed by atoms with Gasteiger partial charge < -0.3 is 9.84 Å². The number of carbonyl (C=O) groups is 1. The topological polar surface area (TPSA) is 83.9 Å². The highest BCUT2D eigenvalue weighted by atomic mass is 127. The maximum atomic E-state index is 12.6. The molecule has 21 heavy (non-hydrogen) atoms. The van der Waals surface area contributed by atoms with Gasteiger partial charge in [-0.2, -0.15) is 4.31 Å². The first-order chi connectivity index (χ1) is 9.71. The van der Waals surface area contributed by atoms with Gasteiger partial charge in [0, 0.05) is 23.3 Å². The first-order valence-corrected chi connectivity index (χ1v) is 8.77. The normalized spacial score (nSPS) is 12.1. The second kappa shape index (κ2) is 7.52. The summed E-state index contributed by atoms with van der Waals surface area (Å²) in [7, 11) is -2.26. The number of carboxylic acids is 1. The van der Waals surface area contributed by atoms with E-state index in [1.165, 1.54) is 29.6 Å². The van der Waals surface area contributed by atoms with Gasteiger partial charge in [-0.05, 0) is 54.6 Å². The number of benzene rings is 1. The Bertz CT molecular complexity index is 615. The molecule has 1 rings (SSSR count). The van der Waals surface area contributed by atoms with Crippen LogP contribution >= 0.6 is 22.6 Å². The smallest absolute Gasteiger partial charge is 0.336 e. The van der Waals surface area contributed by atoms with Crippen molar-refractivity contribution in [2.45, 2.75) is 24.8 Å². The van der Waals surface area contributed by atoms with E-state index in [4.69, 9.17) is 9.84 Å². The maximum absolute atomic E-state index is 12.6. The predicted molar refractivity (Wildman–Crippen MR) is 87.0 cm³/mol. The van der Waals surface area contributed by atoms with Crippen molar-refractivity contribution in [3.8, 4) is 0 Å². The summed E-state index contributed by atoms with van der Waals surface area (Å²) in [6, 6.07) is 3.86. The van der Waals surface area contributed by atoms with Crippen LogP contribution in [-0.2, 0) is 14.8 Å². The van der Waals surface area contributed by atoms with Crippen LogP contribution in [-0.4, -0.2) is 50.1 Å². The molecule has 0 fully saturated rings. The molecular formula is C13H18INO5S. The first kappa shape index (κ1) is 18.3. The van der Waals surface area contributed by atoms with Crippen molar-refractivity contribution in [1.82, 2.24) is 4.31 Å². The molecular weight excluding hydrogens is 409 g/mol. The number of hydrogen-bond donors (Lipinski definition) is 1. The quantitative estimate of drug-likeness (QED) is 0.674. The Kier molecular flexibility index (Phi) is 6.57. The molecule has 8 heteroatoms. The molecule has 0 aliphatic rings. The second-order valence-electron chi connectivity index (χ2n) is 4.65. The highest BCUT2D eigenvalue weighted by molar-refractivity contribution is 14.1. The summed E-state index contributed by atoms with van der Waals surface area (Å²) in [5.74, 6) is -1.15. The van der Waals surface area contributed by atoms with Gasteiger partial charge in [-0.1, -0.05) is 0 Å². The third-order valence-electron chi connectivity index (χ3n) is 2.87. The minimum atomic E-state index is -3.76. The van der Waals surface area contributed by atoms with Gasteiger partial charge >= 0.3 is 5.97 Å². The molecule has 0 saturated carbocycles. The molecule has 0 unspecified atom stereocenters. The van der Waals surface area contributed by atoms with Gasteiger partial charge in [0.05, 0.1) is 17.1 Å². The number of sulfonamides is 1. The van der Waals surface area contributed by atoms with Gasteiger partial charge in [0.25, 0.3) is 0 Å². The van der Waals surface area contributed by atoms with Gasteiger partial charge in [0.2, 0.25) is 10.0 Å². The monoisotopic (exact) mass is 427 g/mol. The predicted octanol–water partition coefficient (Wildman–Crippen LogP) is 2.03. The SMILES string of the molecule is COCCN(C(C)C)S(=O)(=O)c1ccc(I)c(C(=O)O)c1. The highest BCUT2D eigenvalue weighted by Crippen LogP contribution is 2.22. The highest BCUT2D eigenvalue weighted by Gasteiger charge is 2.27. The molecule has 0 bridgehead atoms. The molecule has 0 spiro atoms. The van der Waals surface area contributed by atoms with Crippen LogP contribution in [0.5, 0.6) is 0 Å². The average Bonchev–Trinajstić information content (AvgIpc) is 2.38. The summed E-state index contributed by atoms with van der Waals surface area (Å²) in [6.07, 6.45) is 0. The van der Waals surface area contributed by atoms with Gasteiger partial charge in [-0.3, -0.25) is 0 Å². The minimum absolute atomic E-state index is 0.0212. The number of ether oxygens (including phenoxy) is 1. The second-order valence-corrected chi connectivity index (χ2v) is 7.70. The summed E-state index contributed by atoms with van der Waals surface area (Å²) in [4.78, 5) is 11.1. The standard InChI is InChI=1S/C13H18INO5S/c1-9(2)15(6-7-20-3)21(18,19)10-4-5-12(14)11(8-10)13(16)17/h4-5,8-9H,6-7H2,1-3H3,(H,16,17). The Hall–Kier alpha value is -0.710. The molecule has 0 aromatic heterocycles. The Morgan fingerprint density at radius 1 is 1.43 bits per heavy atom. The lowest BCUT2D eigenvalue weighted by atomic mass is 10.2. The number of methoxy groups -OCH3 is 1. The van der Waals surface area contributed by atoms with Crippen LogP contribution < -0.4 is 0 Å². The largest absolute Gasteiger partial charge is 0.478 e. The Morgan fingerprint density at radius 2 is 2.05 bits per heavy atom. The molecule has 0 heterocycles. The lowest BCUT2D eigenvalue weighted by Crippen LogP contribution is -2.39. The van der Waals surface area contributed by atoms with Crippen molar-refractivity contribution in [2.75, 3.05) is 20.3 Å². The number of rotatable bonds is 7. The average molecular weight is 427 g/mol. The molecule has 0 aliphatic carbocycles. The first-order valence-electron chi connectivity index (χ1n) is 6.25. The molecule has 0 aliphatic heterocycles. The van der Waals surface area contributed by atoms with Crippen molar-refractivity contribution >= 4 is 38.6 Å². The number of aromatic carboxylic acids is 1. The Morgan fingerprint density at radius 3 is 2.52 bits per heavy atom. The summed E-state index contributed by atoms with van der Waals surface area (Å²) < 4.78 is 32.0. The van der Waals surface area contributed by atoms with Crippen LogP contribution in [0.15, 0.2) is 23.1 Å². The molecule has 118 valence electrons. The van der Waals surface area contributed by atoms with Gasteiger partial charge in [0.15, 0.2) is 0 Å². The number of nitrogens with zero attached hydrogens (tertiary/aromatic N) is 1. The van der Waals surface area contributed by atoms with Crippen LogP contribution in [0, 0.1) is 3.57 Å². The van der Waals surface area contributed by atoms with Crippen molar-refractivity contribution < 1.29 is 23.1 Å². The van der Waals surface area contributed by atoms with Crippen LogP contribution in [0.25, 0.3) is 0 Å². The zero-order valence-corrected chi connectivity index (χ0v) is 15.0. The third-order valence-corrected chi connectivity index (χ3v) is 5.88. The molecule has 1 N–H and O–H groups in total. The summed E-state index contributed by atoms with van der Waals surface area (Å²) >= 11 is 1.86. The van der Waals surface area contributed by atoms with Gasteiger partial charge in [0.1, 0.15) is 0 Å². The van der Waals surface area contributed by atoms with Crippen molar-refractivity contribution in [3.05, 3.63) is 27.3 Å². The Labute approximate surface area is 138 Å². The van der Waals surface area contributed by atoms with E-state index in [0.717, 1.165) is 0 Å². The third kappa shape index (κ3) is 4.38. The zero-order valence-electron chi connectivity index (χ0n) is 12.0. The molecule has 1 aromatic carbocycles. The number of halogens is 1. The van der Waals surface area contributed by atoms with Gasteiger partial charge in [-0.15, -0.1) is 0 Å².